The van der Waals surface area contributed by atoms with Crippen molar-refractivity contribution < 1.29 is 14.3 Å². The van der Waals surface area contributed by atoms with Gasteiger partial charge in [0.15, 0.2) is 0 Å². The number of amides is 1. The summed E-state index contributed by atoms with van der Waals surface area (Å²) in [5.74, 6) is -0.621. The maximum absolute atomic E-state index is 13.7. The van der Waals surface area contributed by atoms with Gasteiger partial charge in [-0.1, -0.05) is 41.4 Å². The van der Waals surface area contributed by atoms with Gasteiger partial charge in [0.25, 0.3) is 0 Å². The zero-order valence-electron chi connectivity index (χ0n) is 25.4. The fraction of sp³-hybridized carbons (Fsp3) is 0.257. The van der Waals surface area contributed by atoms with Gasteiger partial charge in [-0.25, -0.2) is 0 Å². The standard InChI is InChI=1S/C35H32Cl2N6O3/c1-42-35(37)32-28(41-42)14-12-26(33(32)36)25-5-4-18-43-29(25)15-16-30(43)34(45)21-7-13-27(22(19-21)20-38)40-31(44)6-3-17-39-23-8-10-24(46-2)11-9-23/h3-7,12-16,18-19,23-24,39H,8-11,17H2,1-2H3,(H,40,44)/b6-3+/t23-,24-. The molecule has 234 valence electrons. The first kappa shape index (κ1) is 31.5. The highest BCUT2D eigenvalue weighted by atomic mass is 35.5. The van der Waals surface area contributed by atoms with Crippen molar-refractivity contribution in [3.05, 3.63) is 99.9 Å². The highest BCUT2D eigenvalue weighted by molar-refractivity contribution is 6.43. The largest absolute Gasteiger partial charge is 0.381 e. The van der Waals surface area contributed by atoms with Gasteiger partial charge in [-0.3, -0.25) is 14.3 Å². The summed E-state index contributed by atoms with van der Waals surface area (Å²) in [6.45, 7) is 0.569. The Hall–Kier alpha value is -4.46. The minimum Gasteiger partial charge on any atom is -0.381 e. The number of carbonyl (C=O) groups is 2. The number of halogens is 2. The number of rotatable bonds is 9. The zero-order chi connectivity index (χ0) is 32.4. The predicted molar refractivity (Wildman–Crippen MR) is 181 cm³/mol. The number of fused-ring (bicyclic) bond motifs is 2. The summed E-state index contributed by atoms with van der Waals surface area (Å²) >= 11 is 13.3. The lowest BCUT2D eigenvalue weighted by Crippen LogP contribution is -2.35. The molecule has 1 amide bonds. The van der Waals surface area contributed by atoms with Gasteiger partial charge in [-0.2, -0.15) is 10.4 Å². The van der Waals surface area contributed by atoms with Crippen molar-refractivity contribution in [3.8, 4) is 17.2 Å². The van der Waals surface area contributed by atoms with E-state index in [-0.39, 0.29) is 17.3 Å². The molecule has 46 heavy (non-hydrogen) atoms. The number of pyridine rings is 1. The van der Waals surface area contributed by atoms with Crippen molar-refractivity contribution in [1.29, 1.82) is 5.26 Å². The third-order valence-electron chi connectivity index (χ3n) is 8.54. The van der Waals surface area contributed by atoms with Crippen molar-refractivity contribution in [2.45, 2.75) is 37.8 Å². The number of ether oxygens (including phenoxy) is 1. The fourth-order valence-electron chi connectivity index (χ4n) is 6.09. The van der Waals surface area contributed by atoms with Gasteiger partial charge < -0.3 is 19.8 Å². The molecule has 0 bridgehead atoms. The van der Waals surface area contributed by atoms with Crippen LogP contribution in [0.25, 0.3) is 27.5 Å². The van der Waals surface area contributed by atoms with E-state index in [0.29, 0.717) is 56.7 Å². The molecule has 0 spiro atoms. The third-order valence-corrected chi connectivity index (χ3v) is 9.37. The molecule has 11 heteroatoms. The van der Waals surface area contributed by atoms with Crippen molar-refractivity contribution in [2.75, 3.05) is 19.0 Å². The zero-order valence-corrected chi connectivity index (χ0v) is 26.9. The summed E-state index contributed by atoms with van der Waals surface area (Å²) in [5.41, 5.74) is 4.32. The second kappa shape index (κ2) is 13.5. The van der Waals surface area contributed by atoms with Gasteiger partial charge in [0.1, 0.15) is 11.2 Å². The van der Waals surface area contributed by atoms with Crippen molar-refractivity contribution >= 4 is 57.0 Å². The molecule has 1 aliphatic carbocycles. The maximum Gasteiger partial charge on any atom is 0.248 e. The van der Waals surface area contributed by atoms with E-state index < -0.39 is 0 Å². The van der Waals surface area contributed by atoms with Gasteiger partial charge in [0.05, 0.1) is 44.5 Å². The van der Waals surface area contributed by atoms with Gasteiger partial charge in [-0.15, -0.1) is 0 Å². The fourth-order valence-corrected chi connectivity index (χ4v) is 6.71. The van der Waals surface area contributed by atoms with E-state index in [9.17, 15) is 14.9 Å². The van der Waals surface area contributed by atoms with Crippen LogP contribution in [0.5, 0.6) is 0 Å². The Kier molecular flexibility index (Phi) is 9.24. The molecule has 1 aliphatic rings. The van der Waals surface area contributed by atoms with Gasteiger partial charge in [-0.05, 0) is 68.1 Å². The molecule has 0 radical (unpaired) electrons. The minimum absolute atomic E-state index is 0.190. The monoisotopic (exact) mass is 654 g/mol. The average Bonchev–Trinajstić information content (AvgIpc) is 3.64. The summed E-state index contributed by atoms with van der Waals surface area (Å²) in [6.07, 6.45) is 9.51. The smallest absolute Gasteiger partial charge is 0.248 e. The van der Waals surface area contributed by atoms with Crippen molar-refractivity contribution in [2.24, 2.45) is 7.05 Å². The predicted octanol–water partition coefficient (Wildman–Crippen LogP) is 6.94. The van der Waals surface area contributed by atoms with Crippen LogP contribution in [0.4, 0.5) is 5.69 Å². The van der Waals surface area contributed by atoms with Crippen LogP contribution >= 0.6 is 23.2 Å². The molecule has 9 nitrogen and oxygen atoms in total. The van der Waals surface area contributed by atoms with Crippen LogP contribution in [0.2, 0.25) is 10.2 Å². The van der Waals surface area contributed by atoms with Crippen LogP contribution in [0.15, 0.2) is 72.9 Å². The summed E-state index contributed by atoms with van der Waals surface area (Å²) < 4.78 is 8.79. The number of benzene rings is 2. The van der Waals surface area contributed by atoms with Crippen molar-refractivity contribution in [1.82, 2.24) is 19.5 Å². The number of methoxy groups -OCH3 is 1. The van der Waals surface area contributed by atoms with Crippen LogP contribution in [-0.4, -0.2) is 51.7 Å². The molecular formula is C35H32Cl2N6O3. The minimum atomic E-state index is -0.352. The Morgan fingerprint density at radius 3 is 2.65 bits per heavy atom. The number of hydrogen-bond acceptors (Lipinski definition) is 6. The average molecular weight is 656 g/mol. The number of aryl methyl sites for hydroxylation is 1. The first-order chi connectivity index (χ1) is 22.3. The van der Waals surface area contributed by atoms with E-state index in [1.54, 1.807) is 53.7 Å². The maximum atomic E-state index is 13.7. The summed E-state index contributed by atoms with van der Waals surface area (Å²) in [5, 5.41) is 22.0. The van der Waals surface area contributed by atoms with Crippen LogP contribution in [-0.2, 0) is 16.6 Å². The van der Waals surface area contributed by atoms with Gasteiger partial charge in [0, 0.05) is 55.7 Å². The number of aromatic nitrogens is 3. The molecule has 0 atom stereocenters. The van der Waals surface area contributed by atoms with E-state index in [1.165, 1.54) is 12.1 Å². The van der Waals surface area contributed by atoms with E-state index in [1.807, 2.05) is 30.3 Å². The molecule has 1 saturated carbocycles. The van der Waals surface area contributed by atoms with Crippen LogP contribution < -0.4 is 10.6 Å². The number of carbonyl (C=O) groups excluding carboxylic acids is 2. The van der Waals surface area contributed by atoms with E-state index in [2.05, 4.69) is 21.8 Å². The number of hydrogen-bond donors (Lipinski definition) is 2. The number of nitrogens with one attached hydrogen (secondary N) is 2. The Balaban J connectivity index is 1.17. The topological polar surface area (TPSA) is 113 Å². The molecular weight excluding hydrogens is 623 g/mol. The lowest BCUT2D eigenvalue weighted by atomic mass is 9.93. The van der Waals surface area contributed by atoms with E-state index >= 15 is 0 Å². The lowest BCUT2D eigenvalue weighted by Gasteiger charge is -2.27. The number of nitriles is 1. The quantitative estimate of drug-likeness (QED) is 0.131. The first-order valence-corrected chi connectivity index (χ1v) is 15.8. The molecule has 6 rings (SSSR count). The molecule has 5 aromatic rings. The molecule has 2 N–H and O–H groups in total. The van der Waals surface area contributed by atoms with Crippen LogP contribution in [0.3, 0.4) is 0 Å². The van der Waals surface area contributed by atoms with Crippen LogP contribution in [0.1, 0.15) is 47.3 Å². The SMILES string of the molecule is CO[C@H]1CC[C@H](NC/C=C/C(=O)Nc2ccc(C(=O)c3ccc4c(-c5ccc6nn(C)c(Cl)c6c5Cl)cccn34)cc2C#N)CC1. The summed E-state index contributed by atoms with van der Waals surface area (Å²) in [4.78, 5) is 26.3. The Morgan fingerprint density at radius 2 is 1.89 bits per heavy atom. The summed E-state index contributed by atoms with van der Waals surface area (Å²) in [7, 11) is 3.51. The lowest BCUT2D eigenvalue weighted by molar-refractivity contribution is -0.111. The Labute approximate surface area is 276 Å². The van der Waals surface area contributed by atoms with Crippen molar-refractivity contribution in [3.63, 3.8) is 0 Å². The number of ketones is 1. The Morgan fingerprint density at radius 1 is 1.09 bits per heavy atom. The number of nitrogens with zero attached hydrogens (tertiary/aromatic N) is 4. The molecule has 0 aliphatic heterocycles. The molecule has 3 heterocycles. The third kappa shape index (κ3) is 6.17. The van der Waals surface area contributed by atoms with Crippen LogP contribution in [0, 0.1) is 11.3 Å². The second-order valence-corrected chi connectivity index (χ2v) is 12.1. The Bertz CT molecular complexity index is 2030. The second-order valence-electron chi connectivity index (χ2n) is 11.3. The highest BCUT2D eigenvalue weighted by Crippen LogP contribution is 2.39. The van der Waals surface area contributed by atoms with E-state index in [4.69, 9.17) is 27.9 Å². The molecule has 0 saturated heterocycles. The van der Waals surface area contributed by atoms with E-state index in [0.717, 1.165) is 42.3 Å². The molecule has 2 aromatic carbocycles. The highest BCUT2D eigenvalue weighted by Gasteiger charge is 2.21. The van der Waals surface area contributed by atoms with Gasteiger partial charge in [0.2, 0.25) is 11.7 Å². The number of anilines is 1. The molecule has 3 aromatic heterocycles. The molecule has 1 fully saturated rings. The first-order valence-electron chi connectivity index (χ1n) is 15.0. The normalized spacial score (nSPS) is 16.7. The summed E-state index contributed by atoms with van der Waals surface area (Å²) in [6, 6.07) is 18.3. The van der Waals surface area contributed by atoms with Gasteiger partial charge >= 0.3 is 0 Å². The molecule has 0 unspecified atom stereocenters.